The van der Waals surface area contributed by atoms with Gasteiger partial charge in [-0.1, -0.05) is 18.2 Å². The summed E-state index contributed by atoms with van der Waals surface area (Å²) < 4.78 is 28.7. The third-order valence-electron chi connectivity index (χ3n) is 8.08. The van der Waals surface area contributed by atoms with E-state index in [4.69, 9.17) is 23.7 Å². The van der Waals surface area contributed by atoms with E-state index in [9.17, 15) is 14.4 Å². The minimum absolute atomic E-state index is 0.0334. The summed E-state index contributed by atoms with van der Waals surface area (Å²) in [5, 5.41) is 3.05. The van der Waals surface area contributed by atoms with E-state index < -0.39 is 28.8 Å². The molecule has 1 N–H and O–H groups in total. The number of benzene rings is 1. The molecule has 1 aliphatic carbocycles. The van der Waals surface area contributed by atoms with Crippen LogP contribution < -0.4 is 10.1 Å². The first-order valence-corrected chi connectivity index (χ1v) is 15.2. The fourth-order valence-electron chi connectivity index (χ4n) is 6.26. The molecule has 10 nitrogen and oxygen atoms in total. The highest BCUT2D eigenvalue weighted by Gasteiger charge is 2.50. The van der Waals surface area contributed by atoms with Crippen LogP contribution in [0.4, 0.5) is 9.59 Å². The molecule has 2 saturated heterocycles. The lowest BCUT2D eigenvalue weighted by Crippen LogP contribution is -2.70. The fraction of sp³-hybridized carbons (Fsp3) is 0.719. The Morgan fingerprint density at radius 3 is 2.36 bits per heavy atom. The van der Waals surface area contributed by atoms with Crippen molar-refractivity contribution in [1.82, 2.24) is 10.2 Å². The number of ether oxygens (including phenoxy) is 5. The van der Waals surface area contributed by atoms with E-state index in [0.29, 0.717) is 31.9 Å². The Hall–Kier alpha value is -3.01. The van der Waals surface area contributed by atoms with Crippen molar-refractivity contribution in [2.45, 2.75) is 121 Å². The second kappa shape index (κ2) is 13.1. The summed E-state index contributed by atoms with van der Waals surface area (Å²) in [7, 11) is 0. The summed E-state index contributed by atoms with van der Waals surface area (Å²) in [5.41, 5.74) is -0.703. The fourth-order valence-corrected chi connectivity index (χ4v) is 6.26. The maximum atomic E-state index is 13.2. The van der Waals surface area contributed by atoms with Gasteiger partial charge in [-0.15, -0.1) is 0 Å². The second-order valence-electron chi connectivity index (χ2n) is 13.7. The first-order chi connectivity index (χ1) is 19.7. The average Bonchev–Trinajstić information content (AvgIpc) is 2.90. The van der Waals surface area contributed by atoms with E-state index in [1.165, 1.54) is 0 Å². The molecule has 0 radical (unpaired) electrons. The first-order valence-electron chi connectivity index (χ1n) is 15.2. The maximum absolute atomic E-state index is 13.2. The van der Waals surface area contributed by atoms with Crippen molar-refractivity contribution >= 4 is 18.2 Å². The van der Waals surface area contributed by atoms with E-state index >= 15 is 0 Å². The van der Waals surface area contributed by atoms with Crippen LogP contribution in [0.3, 0.4) is 0 Å². The highest BCUT2D eigenvalue weighted by molar-refractivity contribution is 5.72. The van der Waals surface area contributed by atoms with Crippen LogP contribution in [0, 0.1) is 0 Å². The molecule has 1 saturated carbocycles. The molecule has 1 aromatic carbocycles. The van der Waals surface area contributed by atoms with Gasteiger partial charge in [0.05, 0.1) is 30.9 Å². The van der Waals surface area contributed by atoms with E-state index in [2.05, 4.69) is 11.4 Å². The number of alkyl carbamates (subject to hydrolysis) is 1. The van der Waals surface area contributed by atoms with Crippen LogP contribution in [0.2, 0.25) is 0 Å². The molecular formula is C32H48N2O8. The molecule has 1 spiro atoms. The lowest BCUT2D eigenvalue weighted by molar-refractivity contribution is -0.157. The molecule has 3 fully saturated rings. The average molecular weight is 589 g/mol. The van der Waals surface area contributed by atoms with Crippen LogP contribution in [0.1, 0.15) is 98.0 Å². The lowest BCUT2D eigenvalue weighted by atomic mass is 9.78. The number of likely N-dealkylation sites (tertiary alicyclic amines) is 1. The predicted molar refractivity (Wildman–Crippen MR) is 157 cm³/mol. The van der Waals surface area contributed by atoms with Crippen molar-refractivity contribution in [3.05, 3.63) is 29.8 Å². The normalized spacial score (nSPS) is 26.7. The largest absolute Gasteiger partial charge is 0.482 e. The quantitative estimate of drug-likeness (QED) is 0.318. The zero-order chi connectivity index (χ0) is 30.5. The van der Waals surface area contributed by atoms with Crippen molar-refractivity contribution in [1.29, 1.82) is 0 Å². The molecule has 42 heavy (non-hydrogen) atoms. The molecular weight excluding hydrogens is 540 g/mol. The SMILES string of the molecule is CC(C)(C)OC(=O)COc1ccccc1C1CCC(OC[C@@H]2N(C(=O)OC(C)(C)C)CCC[C@@]23CCOC(=O)N3)CC1. The van der Waals surface area contributed by atoms with Gasteiger partial charge < -0.3 is 33.9 Å². The summed E-state index contributed by atoms with van der Waals surface area (Å²) in [4.78, 5) is 39.5. The topological polar surface area (TPSA) is 113 Å². The molecule has 0 bridgehead atoms. The minimum Gasteiger partial charge on any atom is -0.482 e. The summed E-state index contributed by atoms with van der Waals surface area (Å²) in [6.07, 6.45) is 4.84. The van der Waals surface area contributed by atoms with Gasteiger partial charge in [-0.05, 0) is 97.6 Å². The third-order valence-corrected chi connectivity index (χ3v) is 8.08. The number of nitrogens with one attached hydrogen (secondary N) is 1. The number of nitrogens with zero attached hydrogens (tertiary/aromatic N) is 1. The van der Waals surface area contributed by atoms with Crippen LogP contribution in [0.25, 0.3) is 0 Å². The van der Waals surface area contributed by atoms with Crippen LogP contribution >= 0.6 is 0 Å². The van der Waals surface area contributed by atoms with Crippen molar-refractivity contribution in [3.8, 4) is 5.75 Å². The number of para-hydroxylation sites is 1. The molecule has 0 unspecified atom stereocenters. The zero-order valence-electron chi connectivity index (χ0n) is 26.0. The van der Waals surface area contributed by atoms with Gasteiger partial charge in [0, 0.05) is 13.0 Å². The standard InChI is InChI=1S/C32H48N2O8/c1-30(2,3)41-27(35)21-40-25-11-8-7-10-24(25)22-12-14-23(15-13-22)39-20-26-32(17-19-38-28(36)33-32)16-9-18-34(26)29(37)42-31(4,5)6/h7-8,10-11,22-23,26H,9,12-21H2,1-6H3,(H,33,36)/t22?,23?,26-,32+/m0/s1. The van der Waals surface area contributed by atoms with Gasteiger partial charge in [0.1, 0.15) is 17.0 Å². The number of rotatable bonds is 7. The van der Waals surface area contributed by atoms with E-state index in [-0.39, 0.29) is 30.8 Å². The van der Waals surface area contributed by atoms with Crippen molar-refractivity contribution < 1.29 is 38.1 Å². The Balaban J connectivity index is 1.38. The van der Waals surface area contributed by atoms with Crippen LogP contribution in [0.5, 0.6) is 5.75 Å². The van der Waals surface area contributed by atoms with E-state index in [1.54, 1.807) is 4.90 Å². The van der Waals surface area contributed by atoms with Crippen LogP contribution in [0.15, 0.2) is 24.3 Å². The summed E-state index contributed by atoms with van der Waals surface area (Å²) in [5.74, 6) is 0.602. The highest BCUT2D eigenvalue weighted by Crippen LogP contribution is 2.39. The lowest BCUT2D eigenvalue weighted by Gasteiger charge is -2.51. The van der Waals surface area contributed by atoms with Gasteiger partial charge in [0.15, 0.2) is 6.61 Å². The number of hydrogen-bond donors (Lipinski definition) is 1. The number of carbonyl (C=O) groups excluding carboxylic acids is 3. The minimum atomic E-state index is -0.628. The molecule has 2 atom stereocenters. The van der Waals surface area contributed by atoms with Gasteiger partial charge in [-0.3, -0.25) is 0 Å². The van der Waals surface area contributed by atoms with Crippen molar-refractivity contribution in [3.63, 3.8) is 0 Å². The molecule has 10 heteroatoms. The summed E-state index contributed by atoms with van der Waals surface area (Å²) in [6.45, 7) is 12.1. The van der Waals surface area contributed by atoms with Gasteiger partial charge >= 0.3 is 18.2 Å². The zero-order valence-corrected chi connectivity index (χ0v) is 26.0. The number of cyclic esters (lactones) is 1. The van der Waals surface area contributed by atoms with E-state index in [0.717, 1.165) is 44.1 Å². The third kappa shape index (κ3) is 8.52. The number of amides is 2. The van der Waals surface area contributed by atoms with Gasteiger partial charge in [-0.25, -0.2) is 14.4 Å². The predicted octanol–water partition coefficient (Wildman–Crippen LogP) is 5.72. The van der Waals surface area contributed by atoms with Gasteiger partial charge in [0.2, 0.25) is 0 Å². The Labute approximate surface area is 249 Å². The molecule has 2 heterocycles. The second-order valence-corrected chi connectivity index (χ2v) is 13.7. The molecule has 1 aromatic rings. The number of piperidine rings is 1. The first kappa shape index (κ1) is 31.9. The smallest absolute Gasteiger partial charge is 0.410 e. The van der Waals surface area contributed by atoms with Crippen molar-refractivity contribution in [2.75, 3.05) is 26.4 Å². The molecule has 234 valence electrons. The highest BCUT2D eigenvalue weighted by atomic mass is 16.6. The molecule has 4 rings (SSSR count). The Morgan fingerprint density at radius 1 is 1.00 bits per heavy atom. The maximum Gasteiger partial charge on any atom is 0.410 e. The Bertz CT molecular complexity index is 1100. The van der Waals surface area contributed by atoms with Crippen LogP contribution in [-0.4, -0.2) is 78.3 Å². The Morgan fingerprint density at radius 2 is 1.69 bits per heavy atom. The summed E-state index contributed by atoms with van der Waals surface area (Å²) >= 11 is 0. The summed E-state index contributed by atoms with van der Waals surface area (Å²) in [6, 6.07) is 7.52. The van der Waals surface area contributed by atoms with Crippen LogP contribution in [-0.2, 0) is 23.7 Å². The number of esters is 1. The van der Waals surface area contributed by atoms with Gasteiger partial charge in [-0.2, -0.15) is 0 Å². The number of hydrogen-bond acceptors (Lipinski definition) is 8. The van der Waals surface area contributed by atoms with E-state index in [1.807, 2.05) is 59.7 Å². The van der Waals surface area contributed by atoms with Gasteiger partial charge in [0.25, 0.3) is 0 Å². The molecule has 3 aliphatic rings. The molecule has 2 amide bonds. The molecule has 0 aromatic heterocycles. The number of carbonyl (C=O) groups is 3. The Kier molecular flexibility index (Phi) is 9.96. The van der Waals surface area contributed by atoms with Crippen molar-refractivity contribution in [2.24, 2.45) is 0 Å². The molecule has 2 aliphatic heterocycles. The monoisotopic (exact) mass is 588 g/mol.